The number of hydrogen-bond acceptors (Lipinski definition) is 3. The minimum Gasteiger partial charge on any atom is -0.300 e. The molecular formula is C11H17NO3. The summed E-state index contributed by atoms with van der Waals surface area (Å²) < 4.78 is 0. The Morgan fingerprint density at radius 3 is 2.40 bits per heavy atom. The van der Waals surface area contributed by atoms with Gasteiger partial charge < -0.3 is 0 Å². The summed E-state index contributed by atoms with van der Waals surface area (Å²) in [7, 11) is 0. The zero-order chi connectivity index (χ0) is 10.9. The molecule has 4 nitrogen and oxygen atoms in total. The molecule has 4 heteroatoms. The molecule has 0 aromatic rings. The number of carbonyl (C=O) groups is 1. The highest BCUT2D eigenvalue weighted by Gasteiger charge is 2.52. The lowest BCUT2D eigenvalue weighted by atomic mass is 9.72. The maximum atomic E-state index is 11.3. The van der Waals surface area contributed by atoms with Crippen molar-refractivity contribution in [2.24, 2.45) is 5.92 Å². The summed E-state index contributed by atoms with van der Waals surface area (Å²) in [6.45, 7) is 0. The van der Waals surface area contributed by atoms with Crippen molar-refractivity contribution < 1.29 is 9.72 Å². The third kappa shape index (κ3) is 1.77. The first-order valence-electron chi connectivity index (χ1n) is 5.81. The lowest BCUT2D eigenvalue weighted by Gasteiger charge is -2.33. The summed E-state index contributed by atoms with van der Waals surface area (Å²) in [5.41, 5.74) is -0.760. The number of hydrogen-bond donors (Lipinski definition) is 0. The molecule has 0 radical (unpaired) electrons. The highest BCUT2D eigenvalue weighted by Crippen LogP contribution is 2.43. The van der Waals surface area contributed by atoms with E-state index in [-0.39, 0.29) is 16.6 Å². The lowest BCUT2D eigenvalue weighted by molar-refractivity contribution is -0.585. The van der Waals surface area contributed by atoms with E-state index in [0.717, 1.165) is 25.7 Å². The molecular weight excluding hydrogens is 194 g/mol. The molecule has 0 N–H and O–H groups in total. The Kier molecular flexibility index (Phi) is 2.76. The second-order valence-electron chi connectivity index (χ2n) is 4.90. The Morgan fingerprint density at radius 1 is 1.27 bits per heavy atom. The summed E-state index contributed by atoms with van der Waals surface area (Å²) in [4.78, 5) is 22.4. The van der Waals surface area contributed by atoms with Crippen molar-refractivity contribution in [2.75, 3.05) is 0 Å². The van der Waals surface area contributed by atoms with Gasteiger partial charge in [-0.1, -0.05) is 6.42 Å². The van der Waals surface area contributed by atoms with Crippen LogP contribution in [0.3, 0.4) is 0 Å². The van der Waals surface area contributed by atoms with Crippen molar-refractivity contribution in [1.82, 2.24) is 0 Å². The van der Waals surface area contributed by atoms with E-state index < -0.39 is 5.54 Å². The van der Waals surface area contributed by atoms with Crippen molar-refractivity contribution in [3.63, 3.8) is 0 Å². The number of ketones is 1. The Labute approximate surface area is 89.2 Å². The number of nitrogens with zero attached hydrogens (tertiary/aromatic N) is 1. The third-order valence-corrected chi connectivity index (χ3v) is 4.09. The molecule has 15 heavy (non-hydrogen) atoms. The van der Waals surface area contributed by atoms with Gasteiger partial charge >= 0.3 is 0 Å². The van der Waals surface area contributed by atoms with Gasteiger partial charge in [-0.2, -0.15) is 0 Å². The quantitative estimate of drug-likeness (QED) is 0.520. The molecule has 0 aromatic heterocycles. The fraction of sp³-hybridized carbons (Fsp3) is 0.909. The first kappa shape index (κ1) is 10.6. The number of Topliss-reactive ketones (excluding diaryl/α,β-unsaturated/α-hetero) is 1. The van der Waals surface area contributed by atoms with E-state index in [9.17, 15) is 14.9 Å². The van der Waals surface area contributed by atoms with E-state index in [4.69, 9.17) is 0 Å². The van der Waals surface area contributed by atoms with E-state index >= 15 is 0 Å². The molecule has 0 bridgehead atoms. The minimum absolute atomic E-state index is 0.0142. The summed E-state index contributed by atoms with van der Waals surface area (Å²) in [5.74, 6) is 0.229. The molecule has 0 saturated heterocycles. The molecule has 2 rings (SSSR count). The SMILES string of the molecule is O=C1CCC(C2([N+](=O)[O-])CCCCC2)C1. The lowest BCUT2D eigenvalue weighted by Crippen LogP contribution is -2.46. The summed E-state index contributed by atoms with van der Waals surface area (Å²) >= 11 is 0. The van der Waals surface area contributed by atoms with Crippen LogP contribution in [-0.2, 0) is 4.79 Å². The van der Waals surface area contributed by atoms with Crippen molar-refractivity contribution in [1.29, 1.82) is 0 Å². The largest absolute Gasteiger partial charge is 0.300 e. The predicted octanol–water partition coefficient (Wildman–Crippen LogP) is 2.34. The number of rotatable bonds is 2. The average molecular weight is 211 g/mol. The van der Waals surface area contributed by atoms with Crippen LogP contribution in [0.25, 0.3) is 0 Å². The van der Waals surface area contributed by atoms with Crippen LogP contribution >= 0.6 is 0 Å². The third-order valence-electron chi connectivity index (χ3n) is 4.09. The molecule has 1 atom stereocenters. The van der Waals surface area contributed by atoms with Crippen LogP contribution in [0.4, 0.5) is 0 Å². The van der Waals surface area contributed by atoms with Crippen molar-refractivity contribution in [3.8, 4) is 0 Å². The predicted molar refractivity (Wildman–Crippen MR) is 55.2 cm³/mol. The number of nitro groups is 1. The Bertz CT molecular complexity index is 282. The van der Waals surface area contributed by atoms with E-state index in [1.54, 1.807) is 0 Å². The van der Waals surface area contributed by atoms with Crippen LogP contribution in [0.5, 0.6) is 0 Å². The fourth-order valence-corrected chi connectivity index (χ4v) is 3.18. The van der Waals surface area contributed by atoms with Gasteiger partial charge in [-0.15, -0.1) is 0 Å². The topological polar surface area (TPSA) is 60.2 Å². The van der Waals surface area contributed by atoms with Crippen molar-refractivity contribution >= 4 is 5.78 Å². The second-order valence-corrected chi connectivity index (χ2v) is 4.90. The molecule has 0 amide bonds. The maximum absolute atomic E-state index is 11.3. The molecule has 1 unspecified atom stereocenters. The van der Waals surface area contributed by atoms with Crippen molar-refractivity contribution in [2.45, 2.75) is 56.9 Å². The fourth-order valence-electron chi connectivity index (χ4n) is 3.18. The highest BCUT2D eigenvalue weighted by atomic mass is 16.6. The van der Waals surface area contributed by atoms with Gasteiger partial charge in [0.1, 0.15) is 5.78 Å². The van der Waals surface area contributed by atoms with Gasteiger partial charge in [-0.25, -0.2) is 0 Å². The normalized spacial score (nSPS) is 30.4. The summed E-state index contributed by atoms with van der Waals surface area (Å²) in [6, 6.07) is 0. The van der Waals surface area contributed by atoms with Crippen LogP contribution in [0.15, 0.2) is 0 Å². The molecule has 2 aliphatic carbocycles. The zero-order valence-electron chi connectivity index (χ0n) is 8.91. The Hall–Kier alpha value is -0.930. The minimum atomic E-state index is -0.760. The van der Waals surface area contributed by atoms with Gasteiger partial charge in [0.25, 0.3) is 0 Å². The molecule has 2 aliphatic rings. The smallest absolute Gasteiger partial charge is 0.225 e. The molecule has 2 saturated carbocycles. The van der Waals surface area contributed by atoms with Crippen LogP contribution in [0.1, 0.15) is 51.4 Å². The van der Waals surface area contributed by atoms with Gasteiger partial charge in [-0.3, -0.25) is 14.9 Å². The van der Waals surface area contributed by atoms with E-state index in [1.807, 2.05) is 0 Å². The molecule has 0 spiro atoms. The van der Waals surface area contributed by atoms with Gasteiger partial charge in [-0.05, 0) is 19.3 Å². The Morgan fingerprint density at radius 2 is 1.93 bits per heavy atom. The highest BCUT2D eigenvalue weighted by molar-refractivity contribution is 5.80. The monoisotopic (exact) mass is 211 g/mol. The van der Waals surface area contributed by atoms with Crippen LogP contribution in [0, 0.1) is 16.0 Å². The molecule has 0 aliphatic heterocycles. The van der Waals surface area contributed by atoms with Gasteiger partial charge in [0.05, 0.1) is 0 Å². The molecule has 2 fully saturated rings. The van der Waals surface area contributed by atoms with Crippen molar-refractivity contribution in [3.05, 3.63) is 10.1 Å². The Balaban J connectivity index is 2.18. The van der Waals surface area contributed by atoms with Gasteiger partial charge in [0, 0.05) is 36.5 Å². The van der Waals surface area contributed by atoms with Crippen LogP contribution in [-0.4, -0.2) is 16.2 Å². The van der Waals surface area contributed by atoms with E-state index in [1.165, 1.54) is 0 Å². The van der Waals surface area contributed by atoms with Crippen LogP contribution in [0.2, 0.25) is 0 Å². The zero-order valence-corrected chi connectivity index (χ0v) is 8.91. The van der Waals surface area contributed by atoms with Crippen LogP contribution < -0.4 is 0 Å². The second kappa shape index (κ2) is 3.91. The first-order valence-corrected chi connectivity index (χ1v) is 5.81. The first-order chi connectivity index (χ1) is 7.15. The maximum Gasteiger partial charge on any atom is 0.225 e. The van der Waals surface area contributed by atoms with Gasteiger partial charge in [0.2, 0.25) is 5.54 Å². The molecule has 0 heterocycles. The van der Waals surface area contributed by atoms with E-state index in [0.29, 0.717) is 25.7 Å². The summed E-state index contributed by atoms with van der Waals surface area (Å²) in [6.07, 6.45) is 6.10. The molecule has 84 valence electrons. The van der Waals surface area contributed by atoms with E-state index in [2.05, 4.69) is 0 Å². The standard InChI is InChI=1S/C11H17NO3/c13-10-5-4-9(8-10)11(12(14)15)6-2-1-3-7-11/h9H,1-8H2. The summed E-state index contributed by atoms with van der Waals surface area (Å²) in [5, 5.41) is 11.3. The molecule has 0 aromatic carbocycles. The average Bonchev–Trinajstić information content (AvgIpc) is 2.66. The number of carbonyl (C=O) groups excluding carboxylic acids is 1. The van der Waals surface area contributed by atoms with Gasteiger partial charge in [0.15, 0.2) is 0 Å².